The molecule has 0 saturated heterocycles. The molecule has 0 unspecified atom stereocenters. The van der Waals surface area contributed by atoms with Crippen LogP contribution in [0.3, 0.4) is 0 Å². The number of carbonyl (C=O) groups excluding carboxylic acids is 1. The molecule has 27 heavy (non-hydrogen) atoms. The van der Waals surface area contributed by atoms with E-state index in [0.717, 1.165) is 12.4 Å². The number of oxime groups is 1. The highest BCUT2D eigenvalue weighted by atomic mass is 35.5. The summed E-state index contributed by atoms with van der Waals surface area (Å²) in [6, 6.07) is 14.2. The highest BCUT2D eigenvalue weighted by Crippen LogP contribution is 2.34. The molecule has 0 fully saturated rings. The normalized spacial score (nSPS) is 11.7. The van der Waals surface area contributed by atoms with Crippen molar-refractivity contribution in [2.24, 2.45) is 5.16 Å². The van der Waals surface area contributed by atoms with Gasteiger partial charge in [-0.1, -0.05) is 53.2 Å². The van der Waals surface area contributed by atoms with Gasteiger partial charge >= 0.3 is 12.1 Å². The molecule has 0 aliphatic carbocycles. The average Bonchev–Trinajstić information content (AvgIpc) is 3.10. The summed E-state index contributed by atoms with van der Waals surface area (Å²) in [6.07, 6.45) is -2.90. The predicted molar refractivity (Wildman–Crippen MR) is 93.0 cm³/mol. The van der Waals surface area contributed by atoms with Crippen molar-refractivity contribution in [1.29, 1.82) is 0 Å². The van der Waals surface area contributed by atoms with E-state index in [1.807, 2.05) is 0 Å². The van der Waals surface area contributed by atoms with Crippen LogP contribution in [0, 0.1) is 0 Å². The van der Waals surface area contributed by atoms with E-state index < -0.39 is 23.4 Å². The van der Waals surface area contributed by atoms with Gasteiger partial charge in [-0.05, 0) is 18.2 Å². The molecule has 0 saturated carbocycles. The van der Waals surface area contributed by atoms with Crippen molar-refractivity contribution >= 4 is 23.8 Å². The smallest absolute Gasteiger partial charge is 0.313 e. The SMILES string of the molecule is O=C(O/N=C\c1ccccc1Cl)c1cnn(-c2ccccc2)c1C(F)(F)F. The van der Waals surface area contributed by atoms with Crippen molar-refractivity contribution < 1.29 is 22.8 Å². The number of hydrogen-bond acceptors (Lipinski definition) is 4. The summed E-state index contributed by atoms with van der Waals surface area (Å²) >= 11 is 5.92. The third kappa shape index (κ3) is 4.17. The Labute approximate surface area is 156 Å². The maximum Gasteiger partial charge on any atom is 0.434 e. The number of hydrogen-bond donors (Lipinski definition) is 0. The van der Waals surface area contributed by atoms with Crippen molar-refractivity contribution in [3.63, 3.8) is 0 Å². The van der Waals surface area contributed by atoms with Gasteiger partial charge in [0.25, 0.3) is 0 Å². The molecular formula is C18H11ClF3N3O2. The van der Waals surface area contributed by atoms with Crippen LogP contribution in [0.5, 0.6) is 0 Å². The monoisotopic (exact) mass is 393 g/mol. The zero-order chi connectivity index (χ0) is 19.4. The predicted octanol–water partition coefficient (Wildman–Crippen LogP) is 4.74. The van der Waals surface area contributed by atoms with E-state index in [-0.39, 0.29) is 5.69 Å². The maximum atomic E-state index is 13.5. The molecule has 5 nitrogen and oxygen atoms in total. The molecule has 0 spiro atoms. The van der Waals surface area contributed by atoms with Gasteiger partial charge in [-0.3, -0.25) is 0 Å². The maximum absolute atomic E-state index is 13.5. The van der Waals surface area contributed by atoms with Crippen LogP contribution in [0.1, 0.15) is 21.6 Å². The summed E-state index contributed by atoms with van der Waals surface area (Å²) in [6.45, 7) is 0. The van der Waals surface area contributed by atoms with E-state index in [1.165, 1.54) is 12.1 Å². The summed E-state index contributed by atoms with van der Waals surface area (Å²) in [5, 5.41) is 7.45. The minimum Gasteiger partial charge on any atom is -0.313 e. The number of carbonyl (C=O) groups is 1. The number of halogens is 4. The van der Waals surface area contributed by atoms with Crippen molar-refractivity contribution in [3.8, 4) is 5.69 Å². The second kappa shape index (κ2) is 7.63. The standard InChI is InChI=1S/C18H11ClF3N3O2/c19-15-9-5-4-6-12(15)10-24-27-17(26)14-11-23-25(16(14)18(20,21)22)13-7-2-1-3-8-13/h1-11H/b24-10-. The number of rotatable bonds is 4. The molecule has 1 aromatic heterocycles. The molecular weight excluding hydrogens is 383 g/mol. The second-order valence-electron chi connectivity index (χ2n) is 5.29. The first-order chi connectivity index (χ1) is 12.9. The molecule has 0 atom stereocenters. The lowest BCUT2D eigenvalue weighted by Gasteiger charge is -2.11. The first-order valence-corrected chi connectivity index (χ1v) is 7.95. The summed E-state index contributed by atoms with van der Waals surface area (Å²) in [5.74, 6) is -1.28. The molecule has 1 heterocycles. The fourth-order valence-electron chi connectivity index (χ4n) is 2.30. The minimum absolute atomic E-state index is 0.156. The lowest BCUT2D eigenvalue weighted by atomic mass is 10.2. The number of nitrogens with zero attached hydrogens (tertiary/aromatic N) is 3. The Morgan fingerprint density at radius 2 is 1.78 bits per heavy atom. The first kappa shape index (κ1) is 18.7. The Morgan fingerprint density at radius 1 is 1.11 bits per heavy atom. The Hall–Kier alpha value is -3.13. The zero-order valence-electron chi connectivity index (χ0n) is 13.5. The van der Waals surface area contributed by atoms with Crippen LogP contribution in [0.25, 0.3) is 5.69 Å². The van der Waals surface area contributed by atoms with Crippen LogP contribution in [0.2, 0.25) is 5.02 Å². The molecule has 9 heteroatoms. The van der Waals surface area contributed by atoms with Gasteiger partial charge in [-0.2, -0.15) is 18.3 Å². The van der Waals surface area contributed by atoms with Crippen molar-refractivity contribution in [2.45, 2.75) is 6.18 Å². The molecule has 0 amide bonds. The van der Waals surface area contributed by atoms with E-state index in [2.05, 4.69) is 15.1 Å². The third-order valence-corrected chi connectivity index (χ3v) is 3.84. The number of aromatic nitrogens is 2. The largest absolute Gasteiger partial charge is 0.434 e. The topological polar surface area (TPSA) is 56.5 Å². The summed E-state index contributed by atoms with van der Waals surface area (Å²) in [4.78, 5) is 16.7. The molecule has 0 N–H and O–H groups in total. The average molecular weight is 394 g/mol. The molecule has 2 aromatic carbocycles. The Bertz CT molecular complexity index is 985. The van der Waals surface area contributed by atoms with Gasteiger partial charge in [0, 0.05) is 10.6 Å². The van der Waals surface area contributed by atoms with Crippen molar-refractivity contribution in [3.05, 3.63) is 82.6 Å². The third-order valence-electron chi connectivity index (χ3n) is 3.49. The van der Waals surface area contributed by atoms with Gasteiger partial charge in [0.1, 0.15) is 5.56 Å². The van der Waals surface area contributed by atoms with Crippen molar-refractivity contribution in [2.75, 3.05) is 0 Å². The fourth-order valence-corrected chi connectivity index (χ4v) is 2.48. The van der Waals surface area contributed by atoms with E-state index in [4.69, 9.17) is 11.6 Å². The van der Waals surface area contributed by atoms with Crippen LogP contribution in [0.4, 0.5) is 13.2 Å². The molecule has 0 aliphatic rings. The zero-order valence-corrected chi connectivity index (χ0v) is 14.3. The van der Waals surface area contributed by atoms with Gasteiger partial charge in [-0.15, -0.1) is 0 Å². The Morgan fingerprint density at radius 3 is 2.44 bits per heavy atom. The van der Waals surface area contributed by atoms with Gasteiger partial charge in [-0.25, -0.2) is 9.48 Å². The number of para-hydroxylation sites is 1. The molecule has 138 valence electrons. The summed E-state index contributed by atoms with van der Waals surface area (Å²) in [5.41, 5.74) is -1.39. The second-order valence-corrected chi connectivity index (χ2v) is 5.69. The molecule has 3 aromatic rings. The van der Waals surface area contributed by atoms with Crippen LogP contribution in [-0.2, 0) is 11.0 Å². The fraction of sp³-hybridized carbons (Fsp3) is 0.0556. The molecule has 0 aliphatic heterocycles. The highest BCUT2D eigenvalue weighted by Gasteiger charge is 2.41. The lowest BCUT2D eigenvalue weighted by molar-refractivity contribution is -0.143. The van der Waals surface area contributed by atoms with Crippen LogP contribution in [0.15, 0.2) is 65.9 Å². The molecule has 3 rings (SSSR count). The van der Waals surface area contributed by atoms with E-state index in [9.17, 15) is 18.0 Å². The number of alkyl halides is 3. The van der Waals surface area contributed by atoms with E-state index in [0.29, 0.717) is 15.3 Å². The summed E-state index contributed by atoms with van der Waals surface area (Å²) < 4.78 is 41.1. The molecule has 0 bridgehead atoms. The van der Waals surface area contributed by atoms with E-state index in [1.54, 1.807) is 42.5 Å². The summed E-state index contributed by atoms with van der Waals surface area (Å²) in [7, 11) is 0. The highest BCUT2D eigenvalue weighted by molar-refractivity contribution is 6.33. The van der Waals surface area contributed by atoms with E-state index >= 15 is 0 Å². The molecule has 0 radical (unpaired) electrons. The number of benzene rings is 2. The van der Waals surface area contributed by atoms with Gasteiger partial charge in [0.15, 0.2) is 5.69 Å². The van der Waals surface area contributed by atoms with Crippen LogP contribution in [-0.4, -0.2) is 22.0 Å². The first-order valence-electron chi connectivity index (χ1n) is 7.58. The van der Waals surface area contributed by atoms with Crippen molar-refractivity contribution in [1.82, 2.24) is 9.78 Å². The Balaban J connectivity index is 1.89. The van der Waals surface area contributed by atoms with Gasteiger partial charge < -0.3 is 4.84 Å². The lowest BCUT2D eigenvalue weighted by Crippen LogP contribution is -2.17. The van der Waals surface area contributed by atoms with Crippen LogP contribution >= 0.6 is 11.6 Å². The van der Waals surface area contributed by atoms with Gasteiger partial charge in [0.05, 0.1) is 18.1 Å². The van der Waals surface area contributed by atoms with Gasteiger partial charge in [0.2, 0.25) is 0 Å². The van der Waals surface area contributed by atoms with Crippen LogP contribution < -0.4 is 0 Å². The quantitative estimate of drug-likeness (QED) is 0.365. The minimum atomic E-state index is -4.83. The Kier molecular flexibility index (Phi) is 5.27.